The van der Waals surface area contributed by atoms with E-state index in [1.165, 1.54) is 0 Å². The number of rotatable bonds is 13. The molecule has 10 N–H and O–H groups in total. The topological polar surface area (TPSA) is 221 Å². The Hall–Kier alpha value is -3.67. The first kappa shape index (κ1) is 25.4. The molecule has 12 heteroatoms. The maximum atomic E-state index is 12.5. The van der Waals surface area contributed by atoms with Crippen molar-refractivity contribution in [1.29, 1.82) is 5.41 Å². The standard InChI is InChI=1S/C19H28N6O6/c20-12(9-11-5-2-1-3-6-11)16(28)25-14(10-15(26)27)17(29)24-13(18(30)31)7-4-8-23-19(21)22/h1-3,5-6,12-14H,4,7-10,20H2,(H,24,29)(H,25,28)(H,26,27)(H,30,31)(H4,21,22,23)/t12-,13-,14-/m0/s1. The van der Waals surface area contributed by atoms with Crippen molar-refractivity contribution >= 4 is 29.7 Å². The number of hydrogen-bond acceptors (Lipinski definition) is 6. The van der Waals surface area contributed by atoms with Gasteiger partial charge in [-0.3, -0.25) is 19.8 Å². The normalized spacial score (nSPS) is 13.3. The lowest BCUT2D eigenvalue weighted by Crippen LogP contribution is -2.55. The van der Waals surface area contributed by atoms with Crippen molar-refractivity contribution in [3.8, 4) is 0 Å². The molecule has 0 aliphatic carbocycles. The Morgan fingerprint density at radius 2 is 1.61 bits per heavy atom. The molecule has 0 aliphatic rings. The first-order valence-corrected chi connectivity index (χ1v) is 9.53. The van der Waals surface area contributed by atoms with E-state index in [9.17, 15) is 24.3 Å². The maximum Gasteiger partial charge on any atom is 0.326 e. The van der Waals surface area contributed by atoms with Crippen LogP contribution in [0.15, 0.2) is 30.3 Å². The lowest BCUT2D eigenvalue weighted by atomic mass is 10.0. The summed E-state index contributed by atoms with van der Waals surface area (Å²) in [6.45, 7) is 0.221. The van der Waals surface area contributed by atoms with Crippen LogP contribution in [-0.2, 0) is 25.6 Å². The van der Waals surface area contributed by atoms with Gasteiger partial charge in [-0.15, -0.1) is 0 Å². The van der Waals surface area contributed by atoms with Crippen LogP contribution in [0.2, 0.25) is 0 Å². The molecule has 2 amide bonds. The van der Waals surface area contributed by atoms with Crippen molar-refractivity contribution in [2.75, 3.05) is 6.54 Å². The van der Waals surface area contributed by atoms with Gasteiger partial charge in [0.1, 0.15) is 12.1 Å². The largest absolute Gasteiger partial charge is 0.481 e. The predicted molar refractivity (Wildman–Crippen MR) is 111 cm³/mol. The zero-order valence-corrected chi connectivity index (χ0v) is 16.8. The quantitative estimate of drug-likeness (QED) is 0.101. The van der Waals surface area contributed by atoms with Crippen molar-refractivity contribution in [2.45, 2.75) is 43.8 Å². The number of benzene rings is 1. The maximum absolute atomic E-state index is 12.5. The summed E-state index contributed by atoms with van der Waals surface area (Å²) in [7, 11) is 0. The van der Waals surface area contributed by atoms with Crippen LogP contribution in [0.5, 0.6) is 0 Å². The zero-order valence-electron chi connectivity index (χ0n) is 16.8. The number of carbonyl (C=O) groups excluding carboxylic acids is 2. The summed E-state index contributed by atoms with van der Waals surface area (Å²) < 4.78 is 0. The van der Waals surface area contributed by atoms with E-state index in [0.29, 0.717) is 0 Å². The van der Waals surface area contributed by atoms with E-state index in [1.807, 2.05) is 0 Å². The van der Waals surface area contributed by atoms with E-state index in [0.717, 1.165) is 5.56 Å². The molecule has 0 saturated heterocycles. The second kappa shape index (κ2) is 12.8. The van der Waals surface area contributed by atoms with E-state index in [2.05, 4.69) is 16.0 Å². The molecule has 3 atom stereocenters. The fraction of sp³-hybridized carbons (Fsp3) is 0.421. The van der Waals surface area contributed by atoms with Gasteiger partial charge in [-0.2, -0.15) is 0 Å². The summed E-state index contributed by atoms with van der Waals surface area (Å²) in [5.74, 6) is -4.63. The predicted octanol–water partition coefficient (Wildman–Crippen LogP) is -1.65. The number of carboxylic acids is 2. The van der Waals surface area contributed by atoms with Crippen LogP contribution < -0.4 is 27.4 Å². The van der Waals surface area contributed by atoms with Gasteiger partial charge < -0.3 is 37.6 Å². The van der Waals surface area contributed by atoms with Crippen LogP contribution in [-0.4, -0.2) is 64.6 Å². The molecule has 31 heavy (non-hydrogen) atoms. The molecule has 12 nitrogen and oxygen atoms in total. The third-order valence-corrected chi connectivity index (χ3v) is 4.25. The minimum Gasteiger partial charge on any atom is -0.481 e. The van der Waals surface area contributed by atoms with Crippen molar-refractivity contribution in [1.82, 2.24) is 16.0 Å². The molecule has 0 unspecified atom stereocenters. The molecular formula is C19H28N6O6. The van der Waals surface area contributed by atoms with E-state index in [1.54, 1.807) is 30.3 Å². The van der Waals surface area contributed by atoms with Gasteiger partial charge in [0.05, 0.1) is 12.5 Å². The number of carboxylic acid groups (broad SMARTS) is 2. The Balaban J connectivity index is 2.73. The van der Waals surface area contributed by atoms with Crippen molar-refractivity contribution in [2.24, 2.45) is 11.5 Å². The lowest BCUT2D eigenvalue weighted by Gasteiger charge is -2.22. The van der Waals surface area contributed by atoms with Gasteiger partial charge in [0.15, 0.2) is 5.96 Å². The van der Waals surface area contributed by atoms with E-state index in [4.69, 9.17) is 22.0 Å². The molecule has 0 bridgehead atoms. The summed E-state index contributed by atoms with van der Waals surface area (Å²) in [4.78, 5) is 47.4. The van der Waals surface area contributed by atoms with Crippen LogP contribution in [0.4, 0.5) is 0 Å². The molecule has 170 valence electrons. The smallest absolute Gasteiger partial charge is 0.326 e. The van der Waals surface area contributed by atoms with Gasteiger partial charge in [-0.25, -0.2) is 4.79 Å². The first-order chi connectivity index (χ1) is 14.6. The minimum atomic E-state index is -1.50. The van der Waals surface area contributed by atoms with Gasteiger partial charge in [0.25, 0.3) is 0 Å². The highest BCUT2D eigenvalue weighted by Gasteiger charge is 2.29. The summed E-state index contributed by atoms with van der Waals surface area (Å²) in [6, 6.07) is 5.06. The number of nitrogens with one attached hydrogen (secondary N) is 4. The zero-order chi connectivity index (χ0) is 23.4. The van der Waals surface area contributed by atoms with Gasteiger partial charge in [0, 0.05) is 6.54 Å². The van der Waals surface area contributed by atoms with Crippen molar-refractivity contribution < 1.29 is 29.4 Å². The Labute approximate surface area is 178 Å². The molecule has 0 aliphatic heterocycles. The number of hydrogen-bond donors (Lipinski definition) is 8. The van der Waals surface area contributed by atoms with Crippen LogP contribution in [0.1, 0.15) is 24.8 Å². The van der Waals surface area contributed by atoms with Gasteiger partial charge in [-0.05, 0) is 24.8 Å². The molecule has 0 radical (unpaired) electrons. The third kappa shape index (κ3) is 10.1. The summed E-state index contributed by atoms with van der Waals surface area (Å²) in [5, 5.41) is 32.4. The Kier molecular flexibility index (Phi) is 10.5. The molecule has 0 fully saturated rings. The lowest BCUT2D eigenvalue weighted by molar-refractivity contribution is -0.143. The second-order valence-electron chi connectivity index (χ2n) is 6.84. The van der Waals surface area contributed by atoms with Crippen molar-refractivity contribution in [3.05, 3.63) is 35.9 Å². The Morgan fingerprint density at radius 3 is 2.16 bits per heavy atom. The first-order valence-electron chi connectivity index (χ1n) is 9.53. The van der Waals surface area contributed by atoms with E-state index < -0.39 is 48.3 Å². The molecule has 1 aromatic carbocycles. The molecule has 0 aromatic heterocycles. The summed E-state index contributed by atoms with van der Waals surface area (Å²) in [5.41, 5.74) is 11.8. The average molecular weight is 436 g/mol. The Bertz CT molecular complexity index is 787. The fourth-order valence-electron chi connectivity index (χ4n) is 2.68. The molecule has 0 heterocycles. The highest BCUT2D eigenvalue weighted by molar-refractivity contribution is 5.94. The van der Waals surface area contributed by atoms with Crippen LogP contribution in [0.25, 0.3) is 0 Å². The molecule has 1 rings (SSSR count). The summed E-state index contributed by atoms with van der Waals surface area (Å²) >= 11 is 0. The molecular weight excluding hydrogens is 408 g/mol. The number of aliphatic carboxylic acids is 2. The monoisotopic (exact) mass is 436 g/mol. The number of guanidine groups is 1. The molecule has 0 saturated carbocycles. The van der Waals surface area contributed by atoms with Crippen molar-refractivity contribution in [3.63, 3.8) is 0 Å². The minimum absolute atomic E-state index is 0.00259. The van der Waals surface area contributed by atoms with Crippen LogP contribution in [0, 0.1) is 5.41 Å². The number of amides is 2. The highest BCUT2D eigenvalue weighted by Crippen LogP contribution is 2.04. The van der Waals surface area contributed by atoms with E-state index in [-0.39, 0.29) is 31.8 Å². The van der Waals surface area contributed by atoms with Gasteiger partial charge in [-0.1, -0.05) is 30.3 Å². The fourth-order valence-corrected chi connectivity index (χ4v) is 2.68. The Morgan fingerprint density at radius 1 is 1.00 bits per heavy atom. The molecule has 0 spiro atoms. The number of carbonyl (C=O) groups is 4. The van der Waals surface area contributed by atoms with Gasteiger partial charge >= 0.3 is 11.9 Å². The van der Waals surface area contributed by atoms with Crippen LogP contribution in [0.3, 0.4) is 0 Å². The average Bonchev–Trinajstić information content (AvgIpc) is 2.69. The second-order valence-corrected chi connectivity index (χ2v) is 6.84. The van der Waals surface area contributed by atoms with E-state index >= 15 is 0 Å². The van der Waals surface area contributed by atoms with Gasteiger partial charge in [0.2, 0.25) is 11.8 Å². The third-order valence-electron chi connectivity index (χ3n) is 4.25. The number of nitrogens with two attached hydrogens (primary N) is 2. The summed E-state index contributed by atoms with van der Waals surface area (Å²) in [6.07, 6.45) is -0.291. The van der Waals surface area contributed by atoms with Crippen LogP contribution >= 0.6 is 0 Å². The molecule has 1 aromatic rings. The SMILES string of the molecule is N=C(N)NCCC[C@H](NC(=O)[C@H](CC(=O)O)NC(=O)[C@@H](N)Cc1ccccc1)C(=O)O. The highest BCUT2D eigenvalue weighted by atomic mass is 16.4.